The van der Waals surface area contributed by atoms with Crippen molar-refractivity contribution in [2.75, 3.05) is 0 Å². The van der Waals surface area contributed by atoms with Crippen LogP contribution in [0.25, 0.3) is 0 Å². The molecule has 0 amide bonds. The molecule has 104 valence electrons. The van der Waals surface area contributed by atoms with E-state index in [0.29, 0.717) is 0 Å². The molecule has 3 heteroatoms. The van der Waals surface area contributed by atoms with Crippen molar-refractivity contribution in [1.82, 2.24) is 0 Å². The average Bonchev–Trinajstić information content (AvgIpc) is 2.38. The molecule has 1 aliphatic carbocycles. The van der Waals surface area contributed by atoms with Gasteiger partial charge in [0, 0.05) is 0 Å². The summed E-state index contributed by atoms with van der Waals surface area (Å²) in [5, 5.41) is 0. The summed E-state index contributed by atoms with van der Waals surface area (Å²) in [5.74, 6) is 3.65. The fourth-order valence-corrected chi connectivity index (χ4v) is 8.23. The summed E-state index contributed by atoms with van der Waals surface area (Å²) in [6, 6.07) is 0. The second kappa shape index (κ2) is 6.71. The van der Waals surface area contributed by atoms with Crippen molar-refractivity contribution in [3.8, 4) is 9.86 Å². The second-order valence-electron chi connectivity index (χ2n) is 7.62. The Hall–Kier alpha value is 1.12. The van der Waals surface area contributed by atoms with E-state index < -0.39 is 37.2 Å². The zero-order chi connectivity index (χ0) is 13.9. The van der Waals surface area contributed by atoms with Crippen molar-refractivity contribution in [3.05, 3.63) is 0 Å². The third-order valence-corrected chi connectivity index (χ3v) is 8.44. The Morgan fingerprint density at radius 1 is 0.833 bits per heavy atom. The van der Waals surface area contributed by atoms with Crippen molar-refractivity contribution >= 4 is 37.2 Å². The van der Waals surface area contributed by atoms with E-state index >= 15 is 0 Å². The van der Waals surface area contributed by atoms with Crippen molar-refractivity contribution in [1.29, 1.82) is 0 Å². The molecule has 0 heterocycles. The van der Waals surface area contributed by atoms with Crippen LogP contribution in [0, 0.1) is 9.86 Å². The molecular formula is C15H30OSn2. The molecule has 0 aromatic rings. The standard InChI is InChI=1S/C9H12O.6CH3.2Sn/c1-2-9(10)7-5-3-4-6-8-9;;;;;;;;/h3-8H2;6*1H3;;/q-1;;;;;;;;+1. The van der Waals surface area contributed by atoms with E-state index in [9.17, 15) is 0 Å². The zero-order valence-electron chi connectivity index (χ0n) is 13.2. The van der Waals surface area contributed by atoms with Crippen molar-refractivity contribution < 1.29 is 3.07 Å². The molecule has 1 fully saturated rings. The Bertz CT molecular complexity index is 317. The SMILES string of the molecule is [CH3][Sn]([CH3])([CH3])[C]#CC1([O][Sn]([CH3])([CH3])[CH3])CCCCCC1. The van der Waals surface area contributed by atoms with Gasteiger partial charge < -0.3 is 0 Å². The monoisotopic (exact) mass is 466 g/mol. The molecule has 0 unspecified atom stereocenters. The van der Waals surface area contributed by atoms with Crippen LogP contribution >= 0.6 is 0 Å². The van der Waals surface area contributed by atoms with E-state index in [1.165, 1.54) is 38.5 Å². The summed E-state index contributed by atoms with van der Waals surface area (Å²) >= 11 is -4.25. The Labute approximate surface area is 123 Å². The van der Waals surface area contributed by atoms with E-state index in [0.717, 1.165) is 0 Å². The fourth-order valence-electron chi connectivity index (χ4n) is 2.44. The predicted octanol–water partition coefficient (Wildman–Crippen LogP) is 4.81. The molecule has 0 radical (unpaired) electrons. The van der Waals surface area contributed by atoms with E-state index in [-0.39, 0.29) is 5.60 Å². The predicted molar refractivity (Wildman–Crippen MR) is 86.0 cm³/mol. The molecule has 0 saturated heterocycles. The van der Waals surface area contributed by atoms with Crippen LogP contribution in [-0.2, 0) is 3.07 Å². The van der Waals surface area contributed by atoms with E-state index in [2.05, 4.69) is 39.5 Å². The van der Waals surface area contributed by atoms with E-state index in [1.54, 1.807) is 0 Å². The summed E-state index contributed by atoms with van der Waals surface area (Å²) in [5.41, 5.74) is -0.0605. The van der Waals surface area contributed by atoms with Crippen molar-refractivity contribution in [2.24, 2.45) is 0 Å². The van der Waals surface area contributed by atoms with Gasteiger partial charge in [-0.15, -0.1) is 0 Å². The van der Waals surface area contributed by atoms with Crippen LogP contribution < -0.4 is 0 Å². The fraction of sp³-hybridized carbons (Fsp3) is 0.867. The molecule has 0 aromatic carbocycles. The van der Waals surface area contributed by atoms with Gasteiger partial charge in [0.2, 0.25) is 0 Å². The van der Waals surface area contributed by atoms with Gasteiger partial charge in [0.15, 0.2) is 0 Å². The third kappa shape index (κ3) is 7.05. The van der Waals surface area contributed by atoms with E-state index in [1.807, 2.05) is 0 Å². The maximum absolute atomic E-state index is 6.61. The van der Waals surface area contributed by atoms with Crippen LogP contribution in [0.15, 0.2) is 0 Å². The Balaban J connectivity index is 2.95. The molecule has 0 bridgehead atoms. The summed E-state index contributed by atoms with van der Waals surface area (Å²) in [6.07, 6.45) is 7.69. The quantitative estimate of drug-likeness (QED) is 0.324. The van der Waals surface area contributed by atoms with Crippen LogP contribution in [-0.4, -0.2) is 42.8 Å². The van der Waals surface area contributed by atoms with E-state index in [4.69, 9.17) is 3.07 Å². The first-order chi connectivity index (χ1) is 8.12. The van der Waals surface area contributed by atoms with Gasteiger partial charge in [-0.25, -0.2) is 0 Å². The first kappa shape index (κ1) is 17.2. The molecule has 0 N–H and O–H groups in total. The van der Waals surface area contributed by atoms with Gasteiger partial charge in [0.25, 0.3) is 0 Å². The van der Waals surface area contributed by atoms with Gasteiger partial charge in [0.05, 0.1) is 0 Å². The first-order valence-electron chi connectivity index (χ1n) is 7.37. The number of hydrogen-bond acceptors (Lipinski definition) is 1. The second-order valence-corrected chi connectivity index (χ2v) is 33.8. The van der Waals surface area contributed by atoms with Crippen LogP contribution in [0.2, 0.25) is 29.6 Å². The van der Waals surface area contributed by atoms with Crippen LogP contribution in [0.4, 0.5) is 0 Å². The van der Waals surface area contributed by atoms with Gasteiger partial charge in [0.1, 0.15) is 0 Å². The first-order valence-corrected chi connectivity index (χ1v) is 27.1. The Morgan fingerprint density at radius 3 is 1.72 bits per heavy atom. The molecule has 1 nitrogen and oxygen atoms in total. The molecule has 1 rings (SSSR count). The summed E-state index contributed by atoms with van der Waals surface area (Å²) < 4.78 is 10.3. The molecule has 18 heavy (non-hydrogen) atoms. The van der Waals surface area contributed by atoms with Gasteiger partial charge >= 0.3 is 124 Å². The third-order valence-electron chi connectivity index (χ3n) is 3.08. The van der Waals surface area contributed by atoms with Gasteiger partial charge in [-0.05, 0) is 0 Å². The normalized spacial score (nSPS) is 20.8. The minimum absolute atomic E-state index is 0.0605. The summed E-state index contributed by atoms with van der Waals surface area (Å²) in [7, 11) is 0. The van der Waals surface area contributed by atoms with Crippen LogP contribution in [0.1, 0.15) is 38.5 Å². The molecule has 0 atom stereocenters. The Morgan fingerprint density at radius 2 is 1.33 bits per heavy atom. The molecule has 1 aliphatic rings. The topological polar surface area (TPSA) is 9.23 Å². The van der Waals surface area contributed by atoms with Gasteiger partial charge in [-0.3, -0.25) is 0 Å². The molecule has 0 aliphatic heterocycles. The molecule has 0 aromatic heterocycles. The molecule has 1 saturated carbocycles. The summed E-state index contributed by atoms with van der Waals surface area (Å²) in [6.45, 7) is 0. The average molecular weight is 464 g/mol. The Kier molecular flexibility index (Phi) is 6.40. The van der Waals surface area contributed by atoms with Crippen LogP contribution in [0.3, 0.4) is 0 Å². The van der Waals surface area contributed by atoms with Gasteiger partial charge in [-0.2, -0.15) is 0 Å². The molecule has 0 spiro atoms. The van der Waals surface area contributed by atoms with Gasteiger partial charge in [-0.1, -0.05) is 0 Å². The zero-order valence-corrected chi connectivity index (χ0v) is 18.9. The minimum atomic E-state index is -2.24. The number of rotatable bonds is 2. The van der Waals surface area contributed by atoms with Crippen molar-refractivity contribution in [3.63, 3.8) is 0 Å². The van der Waals surface area contributed by atoms with Crippen molar-refractivity contribution in [2.45, 2.75) is 73.8 Å². The molecular weight excluding hydrogens is 434 g/mol. The number of hydrogen-bond donors (Lipinski definition) is 0. The summed E-state index contributed by atoms with van der Waals surface area (Å²) in [4.78, 5) is 14.3. The van der Waals surface area contributed by atoms with Crippen LogP contribution in [0.5, 0.6) is 0 Å². The maximum atomic E-state index is 6.61.